The number of unbranched alkanes of at least 4 members (excludes halogenated alkanes) is 3. The first-order valence-electron chi connectivity index (χ1n) is 3.99. The Morgan fingerprint density at radius 1 is 1.18 bits per heavy atom. The van der Waals surface area contributed by atoms with Crippen molar-refractivity contribution >= 4 is 11.6 Å². The number of ether oxygens (including phenoxy) is 1. The molecule has 1 nitrogen and oxygen atoms in total. The van der Waals surface area contributed by atoms with E-state index in [1.807, 2.05) is 0 Å². The summed E-state index contributed by atoms with van der Waals surface area (Å²) >= 11 is 5.51. The van der Waals surface area contributed by atoms with Crippen LogP contribution in [0.25, 0.3) is 0 Å². The van der Waals surface area contributed by atoms with E-state index in [4.69, 9.17) is 22.8 Å². The third-order valence-electron chi connectivity index (χ3n) is 1.36. The monoisotopic (exact) mass is 174 g/mol. The first-order chi connectivity index (χ1) is 5.41. The summed E-state index contributed by atoms with van der Waals surface area (Å²) < 4.78 is 5.09. The van der Waals surface area contributed by atoms with E-state index in [2.05, 4.69) is 5.92 Å². The molecule has 0 heterocycles. The summed E-state index contributed by atoms with van der Waals surface area (Å²) in [5, 5.41) is 0. The van der Waals surface area contributed by atoms with Crippen molar-refractivity contribution in [2.75, 3.05) is 19.1 Å². The summed E-state index contributed by atoms with van der Waals surface area (Å²) in [6.07, 6.45) is 9.59. The second-order valence-corrected chi connectivity index (χ2v) is 2.74. The highest BCUT2D eigenvalue weighted by Gasteiger charge is 1.88. The number of hydrogen-bond acceptors (Lipinski definition) is 1. The van der Waals surface area contributed by atoms with E-state index in [1.165, 1.54) is 12.8 Å². The van der Waals surface area contributed by atoms with Gasteiger partial charge in [-0.05, 0) is 12.8 Å². The van der Waals surface area contributed by atoms with Gasteiger partial charge in [-0.2, -0.15) is 0 Å². The second-order valence-electron chi connectivity index (χ2n) is 2.36. The normalized spacial score (nSPS) is 9.45. The fourth-order valence-corrected chi connectivity index (χ4v) is 0.972. The lowest BCUT2D eigenvalue weighted by atomic mass is 10.2. The highest BCUT2D eigenvalue weighted by Crippen LogP contribution is 2.00. The minimum Gasteiger partial charge on any atom is -0.369 e. The quantitative estimate of drug-likeness (QED) is 0.327. The maximum absolute atomic E-state index is 5.51. The molecular formula is C9H15ClO. The van der Waals surface area contributed by atoms with Crippen LogP contribution in [0.2, 0.25) is 0 Å². The molecule has 0 saturated carbocycles. The van der Waals surface area contributed by atoms with E-state index in [-0.39, 0.29) is 0 Å². The minimum absolute atomic E-state index is 0.440. The van der Waals surface area contributed by atoms with Crippen molar-refractivity contribution in [1.82, 2.24) is 0 Å². The van der Waals surface area contributed by atoms with Gasteiger partial charge in [-0.1, -0.05) is 18.8 Å². The summed E-state index contributed by atoms with van der Waals surface area (Å²) in [5.41, 5.74) is 0. The molecule has 0 aromatic carbocycles. The lowest BCUT2D eigenvalue weighted by Crippen LogP contribution is -1.94. The van der Waals surface area contributed by atoms with Crippen LogP contribution in [-0.2, 0) is 4.74 Å². The molecule has 0 saturated heterocycles. The lowest BCUT2D eigenvalue weighted by molar-refractivity contribution is 0.162. The number of halogens is 1. The fourth-order valence-electron chi connectivity index (χ4n) is 0.783. The third-order valence-corrected chi connectivity index (χ3v) is 1.62. The van der Waals surface area contributed by atoms with E-state index < -0.39 is 0 Å². The van der Waals surface area contributed by atoms with Gasteiger partial charge in [-0.25, -0.2) is 0 Å². The van der Waals surface area contributed by atoms with Crippen LogP contribution in [0.5, 0.6) is 0 Å². The van der Waals surface area contributed by atoms with Gasteiger partial charge in [-0.15, -0.1) is 18.0 Å². The third kappa shape index (κ3) is 9.81. The number of hydrogen-bond donors (Lipinski definition) is 0. The maximum atomic E-state index is 5.51. The van der Waals surface area contributed by atoms with Gasteiger partial charge >= 0.3 is 0 Å². The van der Waals surface area contributed by atoms with E-state index in [1.54, 1.807) is 0 Å². The molecule has 0 unspecified atom stereocenters. The number of terminal acetylenes is 1. The summed E-state index contributed by atoms with van der Waals surface area (Å²) in [6.45, 7) is 1.22. The van der Waals surface area contributed by atoms with Gasteiger partial charge in [0.25, 0.3) is 0 Å². The molecular weight excluding hydrogens is 160 g/mol. The van der Waals surface area contributed by atoms with Gasteiger partial charge in [0, 0.05) is 12.5 Å². The smallest absolute Gasteiger partial charge is 0.107 e. The molecule has 11 heavy (non-hydrogen) atoms. The molecule has 0 amide bonds. The highest BCUT2D eigenvalue weighted by molar-refractivity contribution is 6.17. The first-order valence-corrected chi connectivity index (χ1v) is 4.52. The van der Waals surface area contributed by atoms with Gasteiger partial charge in [0.2, 0.25) is 0 Å². The van der Waals surface area contributed by atoms with Gasteiger partial charge in [0.1, 0.15) is 6.61 Å². The van der Waals surface area contributed by atoms with Crippen LogP contribution >= 0.6 is 11.6 Å². The zero-order chi connectivity index (χ0) is 8.36. The molecule has 0 spiro atoms. The Kier molecular flexibility index (Phi) is 9.64. The molecule has 0 radical (unpaired) electrons. The van der Waals surface area contributed by atoms with Gasteiger partial charge in [0.15, 0.2) is 0 Å². The zero-order valence-electron chi connectivity index (χ0n) is 6.81. The van der Waals surface area contributed by atoms with Crippen LogP contribution in [-0.4, -0.2) is 19.1 Å². The standard InChI is InChI=1S/C9H15ClO/c1-2-8-11-9-6-4-3-5-7-10/h1H,3-9H2. The van der Waals surface area contributed by atoms with Gasteiger partial charge in [0.05, 0.1) is 0 Å². The molecule has 0 aliphatic carbocycles. The average molecular weight is 175 g/mol. The fraction of sp³-hybridized carbons (Fsp3) is 0.778. The van der Waals surface area contributed by atoms with Crippen molar-refractivity contribution in [3.63, 3.8) is 0 Å². The van der Waals surface area contributed by atoms with Crippen molar-refractivity contribution in [1.29, 1.82) is 0 Å². The van der Waals surface area contributed by atoms with E-state index in [0.717, 1.165) is 25.3 Å². The minimum atomic E-state index is 0.440. The van der Waals surface area contributed by atoms with E-state index in [0.29, 0.717) is 6.61 Å². The molecule has 0 atom stereocenters. The Morgan fingerprint density at radius 2 is 1.91 bits per heavy atom. The Hall–Kier alpha value is -0.190. The largest absolute Gasteiger partial charge is 0.369 e. The highest BCUT2D eigenvalue weighted by atomic mass is 35.5. The van der Waals surface area contributed by atoms with E-state index >= 15 is 0 Å². The summed E-state index contributed by atoms with van der Waals surface area (Å²) in [7, 11) is 0. The topological polar surface area (TPSA) is 9.23 Å². The second kappa shape index (κ2) is 9.81. The molecule has 0 aliphatic rings. The Balaban J connectivity index is 2.75. The molecule has 64 valence electrons. The summed E-state index contributed by atoms with van der Waals surface area (Å²) in [6, 6.07) is 0. The van der Waals surface area contributed by atoms with Crippen LogP contribution in [0.15, 0.2) is 0 Å². The van der Waals surface area contributed by atoms with Gasteiger partial charge in [-0.3, -0.25) is 0 Å². The first kappa shape index (κ1) is 10.8. The number of rotatable bonds is 7. The van der Waals surface area contributed by atoms with Crippen molar-refractivity contribution in [3.05, 3.63) is 0 Å². The predicted octanol–water partition coefficient (Wildman–Crippen LogP) is 2.44. The maximum Gasteiger partial charge on any atom is 0.107 e. The van der Waals surface area contributed by atoms with Crippen molar-refractivity contribution in [2.24, 2.45) is 0 Å². The van der Waals surface area contributed by atoms with Crippen LogP contribution in [0, 0.1) is 12.3 Å². The molecule has 0 aromatic heterocycles. The van der Waals surface area contributed by atoms with Crippen LogP contribution < -0.4 is 0 Å². The SMILES string of the molecule is C#CCOCCCCCCCl. The molecule has 0 bridgehead atoms. The molecule has 0 aromatic rings. The predicted molar refractivity (Wildman–Crippen MR) is 48.8 cm³/mol. The zero-order valence-corrected chi connectivity index (χ0v) is 7.57. The van der Waals surface area contributed by atoms with E-state index in [9.17, 15) is 0 Å². The molecule has 2 heteroatoms. The molecule has 0 aliphatic heterocycles. The Morgan fingerprint density at radius 3 is 2.55 bits per heavy atom. The molecule has 0 rings (SSSR count). The number of alkyl halides is 1. The van der Waals surface area contributed by atoms with Crippen LogP contribution in [0.1, 0.15) is 25.7 Å². The van der Waals surface area contributed by atoms with Crippen LogP contribution in [0.3, 0.4) is 0 Å². The Bertz CT molecular complexity index is 107. The van der Waals surface area contributed by atoms with Gasteiger partial charge < -0.3 is 4.74 Å². The van der Waals surface area contributed by atoms with Crippen LogP contribution in [0.4, 0.5) is 0 Å². The lowest BCUT2D eigenvalue weighted by Gasteiger charge is -1.98. The average Bonchev–Trinajstić information content (AvgIpc) is 2.03. The molecule has 0 N–H and O–H groups in total. The summed E-state index contributed by atoms with van der Waals surface area (Å²) in [4.78, 5) is 0. The van der Waals surface area contributed by atoms with Crippen molar-refractivity contribution in [2.45, 2.75) is 25.7 Å². The van der Waals surface area contributed by atoms with Crippen molar-refractivity contribution in [3.8, 4) is 12.3 Å². The Labute approximate surface area is 74.1 Å². The summed E-state index contributed by atoms with van der Waals surface area (Å²) in [5.74, 6) is 3.20. The van der Waals surface area contributed by atoms with Crippen molar-refractivity contribution < 1.29 is 4.74 Å². The molecule has 0 fully saturated rings.